The largest absolute Gasteiger partial charge is 0.491 e. The van der Waals surface area contributed by atoms with Gasteiger partial charge in [0.25, 0.3) is 0 Å². The van der Waals surface area contributed by atoms with Gasteiger partial charge < -0.3 is 10.2 Å². The molecule has 0 heterocycles. The van der Waals surface area contributed by atoms with Gasteiger partial charge in [-0.2, -0.15) is 4.89 Å². The standard InChI is InChI=1S/C22H47NO4.HO2P/c1-2-3-4-5-6-7-8-9-10-11-12-13-14-15-16-17-18-23(26-21-19-24)27-22-20-25;1-3-2/h24-25H,2-22H2,1H3;3H/p+1. The van der Waals surface area contributed by atoms with Crippen LogP contribution in [0, 0.1) is 0 Å². The molecule has 7 nitrogen and oxygen atoms in total. The number of hydrogen-bond donors (Lipinski definition) is 3. The maximum Gasteiger partial charge on any atom is 0.491 e. The molecule has 1 unspecified atom stereocenters. The van der Waals surface area contributed by atoms with Crippen molar-refractivity contribution in [2.24, 2.45) is 0 Å². The van der Waals surface area contributed by atoms with Crippen molar-refractivity contribution in [2.45, 2.75) is 110 Å². The normalized spacial score (nSPS) is 11.1. The van der Waals surface area contributed by atoms with Crippen LogP contribution in [0.5, 0.6) is 0 Å². The fourth-order valence-corrected chi connectivity index (χ4v) is 3.24. The van der Waals surface area contributed by atoms with Gasteiger partial charge in [-0.25, -0.2) is 0 Å². The molecule has 0 saturated carbocycles. The molecule has 0 radical (unpaired) electrons. The number of unbranched alkanes of at least 4 members (excludes halogenated alkanes) is 15. The molecule has 8 heteroatoms. The van der Waals surface area contributed by atoms with E-state index in [1.165, 1.54) is 102 Å². The maximum atomic E-state index is 8.80. The van der Waals surface area contributed by atoms with Gasteiger partial charge in [0.15, 0.2) is 0 Å². The molecule has 0 saturated heterocycles. The Kier molecular flexibility index (Phi) is 33.2. The summed E-state index contributed by atoms with van der Waals surface area (Å²) < 4.78 is 8.51. The minimum Gasteiger partial charge on any atom is -0.394 e. The van der Waals surface area contributed by atoms with Crippen LogP contribution >= 0.6 is 8.69 Å². The van der Waals surface area contributed by atoms with Gasteiger partial charge in [0.1, 0.15) is 0 Å². The van der Waals surface area contributed by atoms with E-state index in [0.717, 1.165) is 6.42 Å². The molecule has 0 aromatic heterocycles. The minimum atomic E-state index is -1.17. The van der Waals surface area contributed by atoms with Crippen LogP contribution in [0.15, 0.2) is 0 Å². The van der Waals surface area contributed by atoms with Crippen LogP contribution in [-0.4, -0.2) is 53.3 Å². The predicted molar refractivity (Wildman–Crippen MR) is 124 cm³/mol. The SMILES string of the molecule is CCCCCCCCCCCCCCCCCCN(OCCO)OCCO.O=[PH+]O. The molecule has 0 rings (SSSR count). The van der Waals surface area contributed by atoms with Gasteiger partial charge in [-0.1, -0.05) is 108 Å². The molecule has 0 fully saturated rings. The zero-order chi connectivity index (χ0) is 22.5. The highest BCUT2D eigenvalue weighted by molar-refractivity contribution is 7.16. The highest BCUT2D eigenvalue weighted by Gasteiger charge is 2.05. The van der Waals surface area contributed by atoms with E-state index in [-0.39, 0.29) is 26.4 Å². The molecule has 0 aromatic carbocycles. The number of aliphatic hydroxyl groups is 2. The van der Waals surface area contributed by atoms with E-state index in [2.05, 4.69) is 6.92 Å². The van der Waals surface area contributed by atoms with Crippen molar-refractivity contribution in [3.63, 3.8) is 0 Å². The van der Waals surface area contributed by atoms with E-state index in [4.69, 9.17) is 29.3 Å². The topological polar surface area (TPSA) is 99.5 Å². The van der Waals surface area contributed by atoms with Gasteiger partial charge in [-0.15, -0.1) is 0 Å². The average Bonchev–Trinajstić information content (AvgIpc) is 2.75. The first-order valence-electron chi connectivity index (χ1n) is 12.0. The van der Waals surface area contributed by atoms with Gasteiger partial charge >= 0.3 is 8.69 Å². The maximum absolute atomic E-state index is 8.80. The second kappa shape index (κ2) is 31.0. The van der Waals surface area contributed by atoms with Gasteiger partial charge in [-0.05, 0) is 11.0 Å². The van der Waals surface area contributed by atoms with E-state index in [1.54, 1.807) is 0 Å². The summed E-state index contributed by atoms with van der Waals surface area (Å²) in [6.07, 6.45) is 21.6. The quantitative estimate of drug-likeness (QED) is 0.109. The fraction of sp³-hybridized carbons (Fsp3) is 1.00. The molecule has 0 spiro atoms. The Labute approximate surface area is 186 Å². The lowest BCUT2D eigenvalue weighted by molar-refractivity contribution is -0.371. The monoisotopic (exact) mass is 454 g/mol. The second-order valence-electron chi connectivity index (χ2n) is 7.56. The van der Waals surface area contributed by atoms with Crippen LogP contribution < -0.4 is 0 Å². The lowest BCUT2D eigenvalue weighted by Gasteiger charge is -2.20. The second-order valence-corrected chi connectivity index (χ2v) is 7.75. The summed E-state index contributed by atoms with van der Waals surface area (Å²) in [6, 6.07) is 0. The number of rotatable bonds is 23. The van der Waals surface area contributed by atoms with Crippen molar-refractivity contribution < 1.29 is 29.3 Å². The highest BCUT2D eigenvalue weighted by Crippen LogP contribution is 2.13. The molecular weight excluding hydrogens is 405 g/mol. The lowest BCUT2D eigenvalue weighted by atomic mass is 10.0. The summed E-state index contributed by atoms with van der Waals surface area (Å²) >= 11 is 0. The van der Waals surface area contributed by atoms with Crippen molar-refractivity contribution in [3.05, 3.63) is 0 Å². The summed E-state index contributed by atoms with van der Waals surface area (Å²) in [6.45, 7) is 3.35. The van der Waals surface area contributed by atoms with Crippen molar-refractivity contribution in [1.82, 2.24) is 5.23 Å². The van der Waals surface area contributed by atoms with Gasteiger partial charge in [0.05, 0.1) is 33.0 Å². The van der Waals surface area contributed by atoms with E-state index in [9.17, 15) is 0 Å². The van der Waals surface area contributed by atoms with Crippen molar-refractivity contribution in [2.75, 3.05) is 33.0 Å². The average molecular weight is 455 g/mol. The summed E-state index contributed by atoms with van der Waals surface area (Å²) in [5.41, 5.74) is 0. The Balaban J connectivity index is 0. The zero-order valence-corrected chi connectivity index (χ0v) is 20.4. The van der Waals surface area contributed by atoms with E-state index < -0.39 is 8.69 Å². The van der Waals surface area contributed by atoms with E-state index in [1.807, 2.05) is 0 Å². The van der Waals surface area contributed by atoms with Gasteiger partial charge in [-0.3, -0.25) is 9.68 Å². The van der Waals surface area contributed by atoms with Crippen LogP contribution in [0.1, 0.15) is 110 Å². The van der Waals surface area contributed by atoms with Crippen LogP contribution in [0.4, 0.5) is 0 Å². The summed E-state index contributed by atoms with van der Waals surface area (Å²) in [7, 11) is -1.17. The van der Waals surface area contributed by atoms with Crippen LogP contribution in [0.2, 0.25) is 0 Å². The minimum absolute atomic E-state index is 0.0298. The van der Waals surface area contributed by atoms with Gasteiger partial charge in [0, 0.05) is 0 Å². The third kappa shape index (κ3) is 30.1. The molecule has 182 valence electrons. The Morgan fingerprint density at radius 1 is 0.633 bits per heavy atom. The Morgan fingerprint density at radius 3 is 1.23 bits per heavy atom. The fourth-order valence-electron chi connectivity index (χ4n) is 3.24. The number of nitrogens with zero attached hydrogens (tertiary/aromatic N) is 1. The number of hydrogen-bond acceptors (Lipinski definition) is 6. The third-order valence-electron chi connectivity index (χ3n) is 4.85. The van der Waals surface area contributed by atoms with Crippen LogP contribution in [-0.2, 0) is 14.2 Å². The third-order valence-corrected chi connectivity index (χ3v) is 4.85. The Bertz CT molecular complexity index is 305. The molecule has 0 bridgehead atoms. The molecule has 3 N–H and O–H groups in total. The number of aliphatic hydroxyl groups excluding tert-OH is 2. The molecule has 0 aliphatic rings. The molecule has 0 aliphatic carbocycles. The van der Waals surface area contributed by atoms with Gasteiger partial charge in [0.2, 0.25) is 0 Å². The Morgan fingerprint density at radius 2 is 0.933 bits per heavy atom. The van der Waals surface area contributed by atoms with E-state index >= 15 is 0 Å². The van der Waals surface area contributed by atoms with Crippen LogP contribution in [0.25, 0.3) is 0 Å². The molecule has 1 atom stereocenters. The molecule has 0 aliphatic heterocycles. The van der Waals surface area contributed by atoms with Crippen molar-refractivity contribution in [3.8, 4) is 0 Å². The Hall–Kier alpha value is -0.140. The summed E-state index contributed by atoms with van der Waals surface area (Å²) in [5, 5.41) is 19.0. The van der Waals surface area contributed by atoms with Crippen molar-refractivity contribution in [1.29, 1.82) is 0 Å². The molecule has 30 heavy (non-hydrogen) atoms. The highest BCUT2D eigenvalue weighted by atomic mass is 31.1. The molecule has 0 aromatic rings. The predicted octanol–water partition coefficient (Wildman–Crippen LogP) is 5.32. The first-order chi connectivity index (χ1) is 14.8. The van der Waals surface area contributed by atoms with Crippen LogP contribution in [0.3, 0.4) is 0 Å². The first kappa shape index (κ1) is 32.0. The lowest BCUT2D eigenvalue weighted by Crippen LogP contribution is -2.28. The molecular formula is C22H49NO6P+. The van der Waals surface area contributed by atoms with Crippen molar-refractivity contribution >= 4 is 8.69 Å². The smallest absolute Gasteiger partial charge is 0.394 e. The summed E-state index contributed by atoms with van der Waals surface area (Å²) in [5.74, 6) is 0. The zero-order valence-electron chi connectivity index (χ0n) is 19.4. The first-order valence-corrected chi connectivity index (χ1v) is 12.9. The van der Waals surface area contributed by atoms with E-state index in [0.29, 0.717) is 6.54 Å². The summed E-state index contributed by atoms with van der Waals surface area (Å²) in [4.78, 5) is 17.6. The molecule has 0 amide bonds. The number of hydroxylamine groups is 2.